The predicted molar refractivity (Wildman–Crippen MR) is 81.9 cm³/mol. The van der Waals surface area contributed by atoms with Gasteiger partial charge in [0.15, 0.2) is 23.3 Å². The predicted octanol–water partition coefficient (Wildman–Crippen LogP) is 4.08. The maximum absolute atomic E-state index is 13.9. The van der Waals surface area contributed by atoms with Crippen LogP contribution in [0.1, 0.15) is 12.5 Å². The molecule has 1 N–H and O–H groups in total. The van der Waals surface area contributed by atoms with Crippen molar-refractivity contribution in [2.75, 3.05) is 23.8 Å². The Hall–Kier alpha value is -1.88. The van der Waals surface area contributed by atoms with Gasteiger partial charge >= 0.3 is 0 Å². The molecule has 21 heavy (non-hydrogen) atoms. The quantitative estimate of drug-likeness (QED) is 0.901. The topological polar surface area (TPSA) is 28.2 Å². The number of nitrogens with one attached hydrogen (secondary N) is 1. The summed E-state index contributed by atoms with van der Waals surface area (Å²) in [7, 11) is 1.70. The van der Waals surface area contributed by atoms with Crippen molar-refractivity contribution in [2.45, 2.75) is 13.5 Å². The summed E-state index contributed by atoms with van der Waals surface area (Å²) in [6.45, 7) is 2.77. The van der Waals surface area contributed by atoms with Gasteiger partial charge in [-0.1, -0.05) is 23.7 Å². The smallest absolute Gasteiger partial charge is 0.168 e. The highest BCUT2D eigenvalue weighted by molar-refractivity contribution is 6.30. The van der Waals surface area contributed by atoms with Crippen LogP contribution in [0, 0.1) is 11.6 Å². The van der Waals surface area contributed by atoms with Gasteiger partial charge < -0.3 is 10.2 Å². The highest BCUT2D eigenvalue weighted by Gasteiger charge is 2.15. The van der Waals surface area contributed by atoms with Crippen LogP contribution < -0.4 is 10.2 Å². The molecule has 0 fully saturated rings. The summed E-state index contributed by atoms with van der Waals surface area (Å²) in [5.41, 5.74) is 0.956. The third-order valence-corrected chi connectivity index (χ3v) is 3.20. The van der Waals surface area contributed by atoms with Crippen molar-refractivity contribution < 1.29 is 8.78 Å². The number of aromatic nitrogens is 1. The first-order valence-electron chi connectivity index (χ1n) is 6.56. The van der Waals surface area contributed by atoms with Crippen LogP contribution in [0.5, 0.6) is 0 Å². The molecule has 0 aliphatic carbocycles. The van der Waals surface area contributed by atoms with Crippen LogP contribution in [0.3, 0.4) is 0 Å². The normalized spacial score (nSPS) is 10.5. The first kappa shape index (κ1) is 15.5. The Morgan fingerprint density at radius 3 is 2.48 bits per heavy atom. The van der Waals surface area contributed by atoms with Crippen LogP contribution in [-0.2, 0) is 6.54 Å². The van der Waals surface area contributed by atoms with Crippen LogP contribution in [0.15, 0.2) is 30.3 Å². The lowest BCUT2D eigenvalue weighted by molar-refractivity contribution is 0.572. The third-order valence-electron chi connectivity index (χ3n) is 2.95. The van der Waals surface area contributed by atoms with E-state index in [1.54, 1.807) is 24.1 Å². The summed E-state index contributed by atoms with van der Waals surface area (Å²) in [6.07, 6.45) is 0. The first-order chi connectivity index (χ1) is 10.0. The Kier molecular flexibility index (Phi) is 4.96. The van der Waals surface area contributed by atoms with E-state index in [0.717, 1.165) is 11.6 Å². The highest BCUT2D eigenvalue weighted by atomic mass is 35.5. The standard InChI is InChI=1S/C15H16ClF2N3/c1-3-19-14-12(17)8-13(18)15(20-14)21(2)9-10-4-6-11(16)7-5-10/h4-8H,3,9H2,1-2H3,(H,19,20). The summed E-state index contributed by atoms with van der Waals surface area (Å²) >= 11 is 5.83. The molecule has 0 aliphatic heterocycles. The fourth-order valence-corrected chi connectivity index (χ4v) is 2.08. The summed E-state index contributed by atoms with van der Waals surface area (Å²) in [4.78, 5) is 5.64. The number of hydrogen-bond donors (Lipinski definition) is 1. The Labute approximate surface area is 127 Å². The number of rotatable bonds is 5. The fourth-order valence-electron chi connectivity index (χ4n) is 1.95. The molecule has 0 atom stereocenters. The van der Waals surface area contributed by atoms with Crippen LogP contribution in [-0.4, -0.2) is 18.6 Å². The summed E-state index contributed by atoms with van der Waals surface area (Å²) in [6, 6.07) is 8.09. The number of pyridine rings is 1. The van der Waals surface area contributed by atoms with Crippen molar-refractivity contribution in [3.8, 4) is 0 Å². The Morgan fingerprint density at radius 2 is 1.86 bits per heavy atom. The number of nitrogens with zero attached hydrogens (tertiary/aromatic N) is 2. The molecule has 0 amide bonds. The molecular formula is C15H16ClF2N3. The molecule has 1 aromatic carbocycles. The zero-order valence-corrected chi connectivity index (χ0v) is 12.6. The lowest BCUT2D eigenvalue weighted by Gasteiger charge is -2.20. The van der Waals surface area contributed by atoms with Crippen molar-refractivity contribution in [1.29, 1.82) is 0 Å². The molecule has 0 spiro atoms. The Bertz CT molecular complexity index is 617. The second-order valence-electron chi connectivity index (χ2n) is 4.64. The number of halogens is 3. The monoisotopic (exact) mass is 311 g/mol. The number of hydrogen-bond acceptors (Lipinski definition) is 3. The molecule has 112 valence electrons. The molecule has 0 bridgehead atoms. The minimum absolute atomic E-state index is 0.0526. The zero-order valence-electron chi connectivity index (χ0n) is 11.8. The van der Waals surface area contributed by atoms with Crippen molar-refractivity contribution in [1.82, 2.24) is 4.98 Å². The van der Waals surface area contributed by atoms with Crippen LogP contribution in [0.2, 0.25) is 5.02 Å². The van der Waals surface area contributed by atoms with Gasteiger partial charge in [-0.05, 0) is 24.6 Å². The maximum atomic E-state index is 13.9. The maximum Gasteiger partial charge on any atom is 0.168 e. The molecule has 0 aliphatic rings. The van der Waals surface area contributed by atoms with E-state index < -0.39 is 11.6 Å². The molecule has 0 unspecified atom stereocenters. The lowest BCUT2D eigenvalue weighted by atomic mass is 10.2. The van der Waals surface area contributed by atoms with Gasteiger partial charge in [0.25, 0.3) is 0 Å². The van der Waals surface area contributed by atoms with E-state index in [9.17, 15) is 8.78 Å². The Morgan fingerprint density at radius 1 is 1.19 bits per heavy atom. The molecule has 1 heterocycles. The van der Waals surface area contributed by atoms with E-state index in [1.807, 2.05) is 19.1 Å². The van der Waals surface area contributed by atoms with Crippen molar-refractivity contribution >= 4 is 23.2 Å². The minimum atomic E-state index is -0.696. The molecule has 2 aromatic rings. The first-order valence-corrected chi connectivity index (χ1v) is 6.94. The summed E-state index contributed by atoms with van der Waals surface area (Å²) in [5.74, 6) is -1.23. The largest absolute Gasteiger partial charge is 0.368 e. The van der Waals surface area contributed by atoms with Gasteiger partial charge in [-0.25, -0.2) is 13.8 Å². The third kappa shape index (κ3) is 3.82. The van der Waals surface area contributed by atoms with Crippen LogP contribution in [0.4, 0.5) is 20.4 Å². The number of benzene rings is 1. The van der Waals surface area contributed by atoms with Crippen LogP contribution in [0.25, 0.3) is 0 Å². The molecule has 6 heteroatoms. The molecule has 0 saturated carbocycles. The second-order valence-corrected chi connectivity index (χ2v) is 5.07. The molecule has 1 aromatic heterocycles. The average molecular weight is 312 g/mol. The van der Waals surface area contributed by atoms with Gasteiger partial charge in [0.1, 0.15) is 0 Å². The van der Waals surface area contributed by atoms with E-state index >= 15 is 0 Å². The molecule has 0 radical (unpaired) electrons. The van der Waals surface area contributed by atoms with Gasteiger partial charge in [0, 0.05) is 31.2 Å². The van der Waals surface area contributed by atoms with Gasteiger partial charge in [-0.3, -0.25) is 0 Å². The van der Waals surface area contributed by atoms with Crippen molar-refractivity contribution in [2.24, 2.45) is 0 Å². The van der Waals surface area contributed by atoms with Gasteiger partial charge in [0.2, 0.25) is 0 Å². The summed E-state index contributed by atoms with van der Waals surface area (Å²) in [5, 5.41) is 3.41. The van der Waals surface area contributed by atoms with Crippen molar-refractivity contribution in [3.05, 3.63) is 52.6 Å². The molecule has 3 nitrogen and oxygen atoms in total. The molecular weight excluding hydrogens is 296 g/mol. The zero-order chi connectivity index (χ0) is 15.4. The highest BCUT2D eigenvalue weighted by Crippen LogP contribution is 2.23. The van der Waals surface area contributed by atoms with Gasteiger partial charge in [-0.15, -0.1) is 0 Å². The van der Waals surface area contributed by atoms with E-state index in [2.05, 4.69) is 10.3 Å². The van der Waals surface area contributed by atoms with E-state index in [-0.39, 0.29) is 11.6 Å². The lowest BCUT2D eigenvalue weighted by Crippen LogP contribution is -2.20. The van der Waals surface area contributed by atoms with Crippen molar-refractivity contribution in [3.63, 3.8) is 0 Å². The van der Waals surface area contributed by atoms with Gasteiger partial charge in [-0.2, -0.15) is 0 Å². The van der Waals surface area contributed by atoms with E-state index in [4.69, 9.17) is 11.6 Å². The van der Waals surface area contributed by atoms with Gasteiger partial charge in [0.05, 0.1) is 0 Å². The minimum Gasteiger partial charge on any atom is -0.368 e. The fraction of sp³-hybridized carbons (Fsp3) is 0.267. The SMILES string of the molecule is CCNc1nc(N(C)Cc2ccc(Cl)cc2)c(F)cc1F. The molecule has 2 rings (SSSR count). The van der Waals surface area contributed by atoms with E-state index in [1.165, 1.54) is 0 Å². The Balaban J connectivity index is 2.23. The average Bonchev–Trinajstić information content (AvgIpc) is 2.44. The molecule has 0 saturated heterocycles. The van der Waals surface area contributed by atoms with E-state index in [0.29, 0.717) is 18.1 Å². The van der Waals surface area contributed by atoms with Crippen LogP contribution >= 0.6 is 11.6 Å². The second kappa shape index (κ2) is 6.72. The number of anilines is 2. The summed E-state index contributed by atoms with van der Waals surface area (Å²) < 4.78 is 27.4.